The molecule has 1 aromatic heterocycles. The van der Waals surface area contributed by atoms with Crippen molar-refractivity contribution in [2.45, 2.75) is 6.61 Å². The Morgan fingerprint density at radius 1 is 1.12 bits per heavy atom. The number of methoxy groups -OCH3 is 1. The number of carbonyl (C=O) groups excluding carboxylic acids is 1. The van der Waals surface area contributed by atoms with Crippen LogP contribution < -0.4 is 5.48 Å². The molecular weight excluding hydrogens is 318 g/mol. The van der Waals surface area contributed by atoms with Gasteiger partial charge >= 0.3 is 5.97 Å². The van der Waals surface area contributed by atoms with E-state index >= 15 is 0 Å². The molecule has 3 rings (SSSR count). The fourth-order valence-corrected chi connectivity index (χ4v) is 2.40. The standard InChI is InChI=1S/C20H19NO4/c1-23-20(22)17(13-21-24-14-15-7-3-2-4-8-15)12-18-11-16-9-5-6-10-19(16)25-18/h2-12,21H,13-14H2,1H3/b17-12+. The van der Waals surface area contributed by atoms with Crippen LogP contribution in [0.4, 0.5) is 0 Å². The fraction of sp³-hybridized carbons (Fsp3) is 0.150. The first kappa shape index (κ1) is 17.0. The van der Waals surface area contributed by atoms with Gasteiger partial charge in [0.1, 0.15) is 11.3 Å². The summed E-state index contributed by atoms with van der Waals surface area (Å²) in [4.78, 5) is 17.4. The summed E-state index contributed by atoms with van der Waals surface area (Å²) >= 11 is 0. The Hall–Kier alpha value is -2.89. The van der Waals surface area contributed by atoms with Gasteiger partial charge in [-0.2, -0.15) is 5.48 Å². The van der Waals surface area contributed by atoms with Crippen LogP contribution in [0.1, 0.15) is 11.3 Å². The van der Waals surface area contributed by atoms with Crippen LogP contribution >= 0.6 is 0 Å². The minimum Gasteiger partial charge on any atom is -0.466 e. The predicted molar refractivity (Wildman–Crippen MR) is 95.4 cm³/mol. The van der Waals surface area contributed by atoms with E-state index in [4.69, 9.17) is 14.0 Å². The Balaban J connectivity index is 1.65. The Morgan fingerprint density at radius 3 is 2.64 bits per heavy atom. The number of ether oxygens (including phenoxy) is 1. The van der Waals surface area contributed by atoms with Crippen molar-refractivity contribution < 1.29 is 18.8 Å². The van der Waals surface area contributed by atoms with Crippen molar-refractivity contribution in [3.05, 3.63) is 77.6 Å². The third kappa shape index (κ3) is 4.56. The molecule has 0 aliphatic carbocycles. The van der Waals surface area contributed by atoms with Gasteiger partial charge in [0.2, 0.25) is 0 Å². The van der Waals surface area contributed by atoms with Gasteiger partial charge in [-0.3, -0.25) is 4.84 Å². The number of furan rings is 1. The van der Waals surface area contributed by atoms with E-state index < -0.39 is 5.97 Å². The van der Waals surface area contributed by atoms with E-state index in [2.05, 4.69) is 5.48 Å². The minimum atomic E-state index is -0.434. The van der Waals surface area contributed by atoms with Crippen molar-refractivity contribution in [3.63, 3.8) is 0 Å². The molecule has 0 atom stereocenters. The van der Waals surface area contributed by atoms with Crippen molar-refractivity contribution in [1.82, 2.24) is 5.48 Å². The molecule has 0 bridgehead atoms. The molecule has 0 spiro atoms. The average Bonchev–Trinajstić information content (AvgIpc) is 3.07. The van der Waals surface area contributed by atoms with E-state index in [9.17, 15) is 4.79 Å². The molecule has 5 heteroatoms. The van der Waals surface area contributed by atoms with Gasteiger partial charge in [0.05, 0.1) is 25.8 Å². The lowest BCUT2D eigenvalue weighted by Gasteiger charge is -2.08. The maximum Gasteiger partial charge on any atom is 0.335 e. The Bertz CT molecular complexity index is 835. The van der Waals surface area contributed by atoms with Crippen LogP contribution in [0.5, 0.6) is 0 Å². The van der Waals surface area contributed by atoms with Crippen molar-refractivity contribution >= 4 is 23.0 Å². The van der Waals surface area contributed by atoms with Crippen molar-refractivity contribution in [2.75, 3.05) is 13.7 Å². The number of esters is 1. The molecule has 0 unspecified atom stereocenters. The van der Waals surface area contributed by atoms with Crippen LogP contribution in [0.3, 0.4) is 0 Å². The fourth-order valence-electron chi connectivity index (χ4n) is 2.40. The molecule has 0 radical (unpaired) electrons. The summed E-state index contributed by atoms with van der Waals surface area (Å²) in [5.74, 6) is 0.155. The smallest absolute Gasteiger partial charge is 0.335 e. The lowest BCUT2D eigenvalue weighted by atomic mass is 10.2. The number of benzene rings is 2. The average molecular weight is 337 g/mol. The largest absolute Gasteiger partial charge is 0.466 e. The second-order valence-corrected chi connectivity index (χ2v) is 5.44. The zero-order chi connectivity index (χ0) is 17.5. The summed E-state index contributed by atoms with van der Waals surface area (Å²) in [6.45, 7) is 0.608. The molecule has 3 aromatic rings. The van der Waals surface area contributed by atoms with E-state index in [1.165, 1.54) is 7.11 Å². The molecule has 25 heavy (non-hydrogen) atoms. The van der Waals surface area contributed by atoms with E-state index in [0.29, 0.717) is 17.9 Å². The highest BCUT2D eigenvalue weighted by atomic mass is 16.6. The molecule has 0 saturated carbocycles. The molecule has 0 aliphatic heterocycles. The molecule has 0 amide bonds. The molecule has 0 aliphatic rings. The first-order valence-corrected chi connectivity index (χ1v) is 7.92. The lowest BCUT2D eigenvalue weighted by molar-refractivity contribution is -0.136. The molecule has 0 fully saturated rings. The highest BCUT2D eigenvalue weighted by Gasteiger charge is 2.11. The first-order valence-electron chi connectivity index (χ1n) is 7.92. The van der Waals surface area contributed by atoms with Crippen LogP contribution in [0.15, 0.2) is 70.7 Å². The number of nitrogens with one attached hydrogen (secondary N) is 1. The van der Waals surface area contributed by atoms with Gasteiger partial charge < -0.3 is 9.15 Å². The van der Waals surface area contributed by atoms with Gasteiger partial charge in [0, 0.05) is 5.39 Å². The van der Waals surface area contributed by atoms with Gasteiger partial charge in [0.25, 0.3) is 0 Å². The number of hydroxylamine groups is 1. The van der Waals surface area contributed by atoms with Gasteiger partial charge in [0.15, 0.2) is 0 Å². The van der Waals surface area contributed by atoms with E-state index in [1.54, 1.807) is 6.08 Å². The summed E-state index contributed by atoms with van der Waals surface area (Å²) in [5, 5.41) is 0.978. The van der Waals surface area contributed by atoms with Crippen molar-refractivity contribution in [2.24, 2.45) is 0 Å². The summed E-state index contributed by atoms with van der Waals surface area (Å²) < 4.78 is 10.5. The third-order valence-corrected chi connectivity index (χ3v) is 3.65. The van der Waals surface area contributed by atoms with Crippen LogP contribution in [0, 0.1) is 0 Å². The molecule has 5 nitrogen and oxygen atoms in total. The number of hydrogen-bond acceptors (Lipinski definition) is 5. The molecular formula is C20H19NO4. The summed E-state index contributed by atoms with van der Waals surface area (Å²) in [6.07, 6.45) is 1.66. The molecule has 2 aromatic carbocycles. The lowest BCUT2D eigenvalue weighted by Crippen LogP contribution is -2.22. The zero-order valence-electron chi connectivity index (χ0n) is 13.9. The quantitative estimate of drug-likeness (QED) is 0.308. The summed E-state index contributed by atoms with van der Waals surface area (Å²) in [5.41, 5.74) is 5.01. The second-order valence-electron chi connectivity index (χ2n) is 5.44. The van der Waals surface area contributed by atoms with E-state index in [0.717, 1.165) is 16.5 Å². The highest BCUT2D eigenvalue weighted by molar-refractivity contribution is 5.94. The van der Waals surface area contributed by atoms with Crippen molar-refractivity contribution in [3.8, 4) is 0 Å². The number of fused-ring (bicyclic) bond motifs is 1. The monoisotopic (exact) mass is 337 g/mol. The SMILES string of the molecule is COC(=O)/C(=C/c1cc2ccccc2o1)CNOCc1ccccc1. The molecule has 1 heterocycles. The van der Waals surface area contributed by atoms with Crippen LogP contribution in [-0.2, 0) is 21.0 Å². The maximum atomic E-state index is 12.0. The van der Waals surface area contributed by atoms with Crippen LogP contribution in [0.2, 0.25) is 0 Å². The maximum absolute atomic E-state index is 12.0. The second kappa shape index (κ2) is 8.28. The van der Waals surface area contributed by atoms with Crippen LogP contribution in [-0.4, -0.2) is 19.6 Å². The number of rotatable bonds is 7. The van der Waals surface area contributed by atoms with Crippen LogP contribution in [0.25, 0.3) is 17.0 Å². The van der Waals surface area contributed by atoms with Gasteiger partial charge in [-0.15, -0.1) is 0 Å². The van der Waals surface area contributed by atoms with Gasteiger partial charge in [-0.25, -0.2) is 4.79 Å². The van der Waals surface area contributed by atoms with E-state index in [1.807, 2.05) is 60.7 Å². The van der Waals surface area contributed by atoms with Gasteiger partial charge in [-0.05, 0) is 23.8 Å². The number of para-hydroxylation sites is 1. The Kier molecular flexibility index (Phi) is 5.61. The number of carbonyl (C=O) groups is 1. The number of hydrogen-bond donors (Lipinski definition) is 1. The van der Waals surface area contributed by atoms with Crippen molar-refractivity contribution in [1.29, 1.82) is 0 Å². The Labute approximate surface area is 145 Å². The minimum absolute atomic E-state index is 0.205. The third-order valence-electron chi connectivity index (χ3n) is 3.65. The summed E-state index contributed by atoms with van der Waals surface area (Å²) in [7, 11) is 1.35. The predicted octanol–water partition coefficient (Wildman–Crippen LogP) is 3.71. The highest BCUT2D eigenvalue weighted by Crippen LogP contribution is 2.21. The topological polar surface area (TPSA) is 60.7 Å². The molecule has 128 valence electrons. The molecule has 0 saturated heterocycles. The molecule has 1 N–H and O–H groups in total. The first-order chi connectivity index (χ1) is 12.3. The van der Waals surface area contributed by atoms with E-state index in [-0.39, 0.29) is 6.54 Å². The van der Waals surface area contributed by atoms with Gasteiger partial charge in [-0.1, -0.05) is 48.5 Å². The zero-order valence-corrected chi connectivity index (χ0v) is 13.9. The summed E-state index contributed by atoms with van der Waals surface area (Å²) in [6, 6.07) is 19.3. The Morgan fingerprint density at radius 2 is 1.88 bits per heavy atom. The normalized spacial score (nSPS) is 11.6.